The molecule has 0 aromatic heterocycles. The van der Waals surface area contributed by atoms with E-state index >= 15 is 0 Å². The first-order chi connectivity index (χ1) is 8.43. The molecule has 2 amide bonds. The Balaban J connectivity index is 1.89. The van der Waals surface area contributed by atoms with Crippen molar-refractivity contribution in [3.63, 3.8) is 0 Å². The molecule has 0 unspecified atom stereocenters. The van der Waals surface area contributed by atoms with E-state index in [0.29, 0.717) is 19.6 Å². The van der Waals surface area contributed by atoms with E-state index in [1.807, 2.05) is 13.8 Å². The predicted molar refractivity (Wildman–Crippen MR) is 69.0 cm³/mol. The molecule has 1 saturated heterocycles. The lowest BCUT2D eigenvalue weighted by atomic mass is 9.97. The van der Waals surface area contributed by atoms with Crippen LogP contribution in [-0.2, 0) is 9.59 Å². The lowest BCUT2D eigenvalue weighted by molar-refractivity contribution is -0.156. The van der Waals surface area contributed by atoms with Crippen LogP contribution in [0.3, 0.4) is 0 Å². The summed E-state index contributed by atoms with van der Waals surface area (Å²) in [5, 5.41) is 3.19. The quantitative estimate of drug-likeness (QED) is 0.771. The monoisotopic (exact) mass is 253 g/mol. The van der Waals surface area contributed by atoms with Crippen LogP contribution in [0.2, 0.25) is 0 Å². The zero-order chi connectivity index (χ0) is 13.3. The number of piperazine rings is 1. The molecule has 2 fully saturated rings. The van der Waals surface area contributed by atoms with Gasteiger partial charge in [0.1, 0.15) is 5.54 Å². The fourth-order valence-electron chi connectivity index (χ4n) is 2.45. The first-order valence-corrected chi connectivity index (χ1v) is 6.69. The standard InChI is InChI=1S/C13H23N3O2/c1-13(2)12(18)15(3)6-7-16(13)11(17)9-14-8-10-4-5-10/h10,14H,4-9H2,1-3H3. The van der Waals surface area contributed by atoms with Crippen LogP contribution in [0.5, 0.6) is 0 Å². The highest BCUT2D eigenvalue weighted by Gasteiger charge is 2.42. The van der Waals surface area contributed by atoms with Crippen LogP contribution >= 0.6 is 0 Å². The molecule has 5 nitrogen and oxygen atoms in total. The Morgan fingerprint density at radius 3 is 2.67 bits per heavy atom. The zero-order valence-electron chi connectivity index (χ0n) is 11.5. The van der Waals surface area contributed by atoms with Gasteiger partial charge in [-0.3, -0.25) is 9.59 Å². The maximum atomic E-state index is 12.2. The van der Waals surface area contributed by atoms with E-state index in [9.17, 15) is 9.59 Å². The van der Waals surface area contributed by atoms with Crippen LogP contribution in [0.1, 0.15) is 26.7 Å². The van der Waals surface area contributed by atoms with Gasteiger partial charge in [0.15, 0.2) is 0 Å². The van der Waals surface area contributed by atoms with Gasteiger partial charge in [-0.05, 0) is 39.2 Å². The summed E-state index contributed by atoms with van der Waals surface area (Å²) in [6, 6.07) is 0. The van der Waals surface area contributed by atoms with E-state index in [1.165, 1.54) is 12.8 Å². The smallest absolute Gasteiger partial charge is 0.247 e. The SMILES string of the molecule is CN1CCN(C(=O)CNCC2CC2)C(C)(C)C1=O. The number of nitrogens with zero attached hydrogens (tertiary/aromatic N) is 2. The van der Waals surface area contributed by atoms with Gasteiger partial charge < -0.3 is 15.1 Å². The van der Waals surface area contributed by atoms with Gasteiger partial charge in [-0.25, -0.2) is 0 Å². The van der Waals surface area contributed by atoms with E-state index in [-0.39, 0.29) is 11.8 Å². The third-order valence-corrected chi connectivity index (χ3v) is 3.91. The van der Waals surface area contributed by atoms with E-state index in [0.717, 1.165) is 12.5 Å². The Kier molecular flexibility index (Phi) is 3.61. The Morgan fingerprint density at radius 1 is 1.39 bits per heavy atom. The van der Waals surface area contributed by atoms with Gasteiger partial charge in [0.25, 0.3) is 0 Å². The fraction of sp³-hybridized carbons (Fsp3) is 0.846. The van der Waals surface area contributed by atoms with Crippen LogP contribution < -0.4 is 5.32 Å². The van der Waals surface area contributed by atoms with Crippen molar-refractivity contribution in [1.29, 1.82) is 0 Å². The van der Waals surface area contributed by atoms with Crippen molar-refractivity contribution >= 4 is 11.8 Å². The van der Waals surface area contributed by atoms with Crippen molar-refractivity contribution in [2.24, 2.45) is 5.92 Å². The van der Waals surface area contributed by atoms with Crippen molar-refractivity contribution < 1.29 is 9.59 Å². The number of likely N-dealkylation sites (N-methyl/N-ethyl adjacent to an activating group) is 1. The first kappa shape index (κ1) is 13.3. The molecule has 0 spiro atoms. The predicted octanol–water partition coefficient (Wildman–Crippen LogP) is 0.0652. The summed E-state index contributed by atoms with van der Waals surface area (Å²) in [6.07, 6.45) is 2.55. The van der Waals surface area contributed by atoms with Gasteiger partial charge in [0, 0.05) is 20.1 Å². The lowest BCUT2D eigenvalue weighted by Crippen LogP contribution is -2.64. The molecule has 1 aliphatic carbocycles. The summed E-state index contributed by atoms with van der Waals surface area (Å²) in [5.41, 5.74) is -0.717. The van der Waals surface area contributed by atoms with E-state index < -0.39 is 5.54 Å². The van der Waals surface area contributed by atoms with Gasteiger partial charge in [-0.15, -0.1) is 0 Å². The number of carbonyl (C=O) groups excluding carboxylic acids is 2. The molecule has 2 rings (SSSR count). The highest BCUT2D eigenvalue weighted by Crippen LogP contribution is 2.27. The van der Waals surface area contributed by atoms with E-state index in [1.54, 1.807) is 16.8 Å². The van der Waals surface area contributed by atoms with Crippen LogP contribution in [0, 0.1) is 5.92 Å². The highest BCUT2D eigenvalue weighted by molar-refractivity contribution is 5.92. The summed E-state index contributed by atoms with van der Waals surface area (Å²) >= 11 is 0. The van der Waals surface area contributed by atoms with Crippen molar-refractivity contribution in [3.8, 4) is 0 Å². The highest BCUT2D eigenvalue weighted by atomic mass is 16.2. The number of hydrogen-bond acceptors (Lipinski definition) is 3. The molecule has 1 heterocycles. The molecule has 0 radical (unpaired) electrons. The Labute approximate surface area is 108 Å². The normalized spacial score (nSPS) is 23.4. The van der Waals surface area contributed by atoms with Gasteiger partial charge in [0.2, 0.25) is 11.8 Å². The van der Waals surface area contributed by atoms with E-state index in [2.05, 4.69) is 5.32 Å². The molecule has 102 valence electrons. The van der Waals surface area contributed by atoms with Gasteiger partial charge in [-0.1, -0.05) is 0 Å². The van der Waals surface area contributed by atoms with Crippen molar-refractivity contribution in [3.05, 3.63) is 0 Å². The van der Waals surface area contributed by atoms with Gasteiger partial charge >= 0.3 is 0 Å². The zero-order valence-corrected chi connectivity index (χ0v) is 11.5. The summed E-state index contributed by atoms with van der Waals surface area (Å²) < 4.78 is 0. The molecule has 1 N–H and O–H groups in total. The molecule has 2 aliphatic rings. The minimum atomic E-state index is -0.717. The minimum Gasteiger partial charge on any atom is -0.342 e. The fourth-order valence-corrected chi connectivity index (χ4v) is 2.45. The van der Waals surface area contributed by atoms with Crippen LogP contribution in [0.15, 0.2) is 0 Å². The molecular formula is C13H23N3O2. The maximum Gasteiger partial charge on any atom is 0.247 e. The Morgan fingerprint density at radius 2 is 2.06 bits per heavy atom. The molecule has 1 aliphatic heterocycles. The summed E-state index contributed by atoms with van der Waals surface area (Å²) in [4.78, 5) is 27.6. The average molecular weight is 253 g/mol. The molecule has 0 atom stereocenters. The molecule has 0 bridgehead atoms. The second-order valence-electron chi connectivity index (χ2n) is 5.91. The minimum absolute atomic E-state index is 0.0179. The maximum absolute atomic E-state index is 12.2. The van der Waals surface area contributed by atoms with Crippen molar-refractivity contribution in [2.45, 2.75) is 32.2 Å². The number of carbonyl (C=O) groups is 2. The third-order valence-electron chi connectivity index (χ3n) is 3.91. The molecule has 0 aromatic carbocycles. The van der Waals surface area contributed by atoms with Crippen LogP contribution in [-0.4, -0.2) is 60.4 Å². The molecule has 18 heavy (non-hydrogen) atoms. The van der Waals surface area contributed by atoms with Crippen LogP contribution in [0.4, 0.5) is 0 Å². The Bertz CT molecular complexity index is 350. The number of hydrogen-bond donors (Lipinski definition) is 1. The molecule has 0 aromatic rings. The summed E-state index contributed by atoms with van der Waals surface area (Å²) in [6.45, 7) is 6.16. The number of amides is 2. The second-order valence-corrected chi connectivity index (χ2v) is 5.91. The Hall–Kier alpha value is -1.10. The largest absolute Gasteiger partial charge is 0.342 e. The van der Waals surface area contributed by atoms with E-state index in [4.69, 9.17) is 0 Å². The first-order valence-electron chi connectivity index (χ1n) is 6.69. The lowest BCUT2D eigenvalue weighted by Gasteiger charge is -2.44. The summed E-state index contributed by atoms with van der Waals surface area (Å²) in [7, 11) is 1.79. The van der Waals surface area contributed by atoms with Crippen molar-refractivity contribution in [2.75, 3.05) is 33.2 Å². The molecule has 5 heteroatoms. The van der Waals surface area contributed by atoms with Gasteiger partial charge in [-0.2, -0.15) is 0 Å². The topological polar surface area (TPSA) is 52.6 Å². The third kappa shape index (κ3) is 2.66. The number of nitrogens with one attached hydrogen (secondary N) is 1. The second kappa shape index (κ2) is 4.88. The molecule has 1 saturated carbocycles. The molecular weight excluding hydrogens is 230 g/mol. The summed E-state index contributed by atoms with van der Waals surface area (Å²) in [5.74, 6) is 0.811. The van der Waals surface area contributed by atoms with Crippen LogP contribution in [0.25, 0.3) is 0 Å². The average Bonchev–Trinajstić information content (AvgIpc) is 3.10. The van der Waals surface area contributed by atoms with Gasteiger partial charge in [0.05, 0.1) is 6.54 Å². The number of rotatable bonds is 4. The van der Waals surface area contributed by atoms with Crippen molar-refractivity contribution in [1.82, 2.24) is 15.1 Å².